The quantitative estimate of drug-likeness (QED) is 0.118. The summed E-state index contributed by atoms with van der Waals surface area (Å²) in [6.07, 6.45) is 2.11. The topological polar surface area (TPSA) is 43.9 Å². The Morgan fingerprint density at radius 1 is 0.684 bits per heavy atom. The summed E-state index contributed by atoms with van der Waals surface area (Å²) in [5.41, 5.74) is 12.8. The average molecular weight is 938 g/mol. The van der Waals surface area contributed by atoms with Crippen LogP contribution in [-0.4, -0.2) is 22.6 Å². The van der Waals surface area contributed by atoms with E-state index in [1.807, 2.05) is 36.4 Å². The number of fused-ring (bicyclic) bond motifs is 4. The van der Waals surface area contributed by atoms with Crippen molar-refractivity contribution in [3.05, 3.63) is 169 Å². The monoisotopic (exact) mass is 938 g/mol. The fourth-order valence-electron chi connectivity index (χ4n) is 7.44. The van der Waals surface area contributed by atoms with E-state index in [2.05, 4.69) is 173 Å². The second-order valence-electron chi connectivity index (χ2n) is 16.1. The number of benzene rings is 6. The van der Waals surface area contributed by atoms with Gasteiger partial charge in [0.25, 0.3) is 0 Å². The molecule has 1 radical (unpaired) electrons. The van der Waals surface area contributed by atoms with E-state index in [0.717, 1.165) is 66.9 Å². The first-order valence-corrected chi connectivity index (χ1v) is 23.0. The van der Waals surface area contributed by atoms with Crippen molar-refractivity contribution in [3.63, 3.8) is 0 Å². The Bertz CT molecular complexity index is 2790. The van der Waals surface area contributed by atoms with Gasteiger partial charge in [-0.3, -0.25) is 4.98 Å². The Morgan fingerprint density at radius 3 is 2.16 bits per heavy atom. The van der Waals surface area contributed by atoms with Crippen LogP contribution in [0.4, 0.5) is 0 Å². The van der Waals surface area contributed by atoms with Crippen molar-refractivity contribution in [2.75, 3.05) is 0 Å². The van der Waals surface area contributed by atoms with Gasteiger partial charge in [-0.1, -0.05) is 149 Å². The molecule has 0 fully saturated rings. The Labute approximate surface area is 351 Å². The van der Waals surface area contributed by atoms with Crippen LogP contribution >= 0.6 is 0 Å². The predicted octanol–water partition coefficient (Wildman–Crippen LogP) is 13.4. The van der Waals surface area contributed by atoms with E-state index >= 15 is 0 Å². The number of para-hydroxylation sites is 3. The van der Waals surface area contributed by atoms with Crippen molar-refractivity contribution in [1.29, 1.82) is 0 Å². The zero-order chi connectivity index (χ0) is 39.0. The summed E-state index contributed by atoms with van der Waals surface area (Å²) in [5, 5.41) is 3.65. The van der Waals surface area contributed by atoms with Crippen LogP contribution in [0.3, 0.4) is 0 Å². The van der Waals surface area contributed by atoms with Gasteiger partial charge in [0, 0.05) is 37.4 Å². The van der Waals surface area contributed by atoms with Gasteiger partial charge in [0.15, 0.2) is 0 Å². The van der Waals surface area contributed by atoms with Gasteiger partial charge in [0.05, 0.1) is 30.5 Å². The van der Waals surface area contributed by atoms with E-state index in [-0.39, 0.29) is 20.1 Å². The third-order valence-electron chi connectivity index (χ3n) is 10.5. The molecule has 4 nitrogen and oxygen atoms in total. The van der Waals surface area contributed by atoms with Crippen molar-refractivity contribution < 1.29 is 24.5 Å². The van der Waals surface area contributed by atoms with Gasteiger partial charge in [-0.2, -0.15) is 0 Å². The van der Waals surface area contributed by atoms with Crippen LogP contribution in [0.25, 0.3) is 72.4 Å². The second kappa shape index (κ2) is 16.6. The zero-order valence-electron chi connectivity index (χ0n) is 33.6. The van der Waals surface area contributed by atoms with Gasteiger partial charge in [0.1, 0.15) is 5.58 Å². The van der Waals surface area contributed by atoms with Gasteiger partial charge in [-0.05, 0) is 58.3 Å². The molecule has 0 N–H and O–H groups in total. The summed E-state index contributed by atoms with van der Waals surface area (Å²) in [4.78, 5) is 9.79. The zero-order valence-corrected chi connectivity index (χ0v) is 37.0. The molecule has 3 heterocycles. The van der Waals surface area contributed by atoms with E-state index in [1.165, 1.54) is 21.9 Å². The van der Waals surface area contributed by atoms with Crippen LogP contribution in [0.2, 0.25) is 19.6 Å². The molecule has 0 aliphatic carbocycles. The summed E-state index contributed by atoms with van der Waals surface area (Å²) in [7, 11) is -1.36. The minimum absolute atomic E-state index is 0. The molecule has 9 aromatic rings. The van der Waals surface area contributed by atoms with E-state index < -0.39 is 8.07 Å². The molecule has 0 aliphatic rings. The Kier molecular flexibility index (Phi) is 11.6. The van der Waals surface area contributed by atoms with Gasteiger partial charge >= 0.3 is 0 Å². The number of nitrogens with zero attached hydrogens (tertiary/aromatic N) is 3. The fraction of sp³-hybridized carbons (Fsp3) is 0.176. The number of aromatic nitrogens is 3. The van der Waals surface area contributed by atoms with Crippen LogP contribution in [-0.2, 0) is 20.1 Å². The van der Waals surface area contributed by atoms with Crippen LogP contribution in [0, 0.1) is 12.1 Å². The van der Waals surface area contributed by atoms with E-state index in [4.69, 9.17) is 14.4 Å². The molecule has 0 bridgehead atoms. The van der Waals surface area contributed by atoms with E-state index in [1.54, 1.807) is 0 Å². The van der Waals surface area contributed by atoms with Crippen LogP contribution in [0.15, 0.2) is 150 Å². The first-order valence-electron chi connectivity index (χ1n) is 19.5. The molecule has 0 saturated carbocycles. The average Bonchev–Trinajstić information content (AvgIpc) is 3.80. The second-order valence-corrected chi connectivity index (χ2v) is 21.2. The molecule has 0 saturated heterocycles. The summed E-state index contributed by atoms with van der Waals surface area (Å²) in [5.74, 6) is 1.88. The van der Waals surface area contributed by atoms with Crippen molar-refractivity contribution in [2.45, 2.75) is 59.2 Å². The third kappa shape index (κ3) is 8.08. The summed E-state index contributed by atoms with van der Waals surface area (Å²) in [6, 6.07) is 55.0. The molecule has 3 aromatic heterocycles. The van der Waals surface area contributed by atoms with E-state index in [9.17, 15) is 0 Å². The fourth-order valence-corrected chi connectivity index (χ4v) is 9.12. The van der Waals surface area contributed by atoms with Crippen molar-refractivity contribution in [2.24, 2.45) is 0 Å². The molecule has 0 unspecified atom stereocenters. The number of hydrogen-bond acceptors (Lipinski definition) is 3. The summed E-state index contributed by atoms with van der Waals surface area (Å²) in [6.45, 7) is 16.1. The number of hydrogen-bond donors (Lipinski definition) is 0. The van der Waals surface area contributed by atoms with Crippen LogP contribution in [0.1, 0.15) is 50.7 Å². The van der Waals surface area contributed by atoms with Crippen molar-refractivity contribution in [3.8, 4) is 39.5 Å². The molecule has 287 valence electrons. The minimum atomic E-state index is -1.36. The third-order valence-corrected chi connectivity index (χ3v) is 12.5. The molecule has 0 amide bonds. The van der Waals surface area contributed by atoms with Gasteiger partial charge in [-0.15, -0.1) is 53.6 Å². The maximum Gasteiger partial charge on any atom is 0.120 e. The number of rotatable bonds is 7. The largest absolute Gasteiger partial charge is 0.501 e. The summed E-state index contributed by atoms with van der Waals surface area (Å²) < 4.78 is 8.54. The molecule has 57 heavy (non-hydrogen) atoms. The standard InChI is InChI=1S/C31H19N2O.C20H28NSi.Ir/c1-2-10-21(11-3-1)22-12-8-13-23(20-22)33-28-18-6-5-17-27(28)32-31(33)26-16-9-15-25-24-14-4-7-19-29(24)34-30(25)26;1-14(2)16-8-10-17(11-9-16)19-12-18(15(3)4)20(13-21-19)22(5,6)7;/h1-15,17-20H;8-10,12-15H,1-7H3;/q2*-1;. The molecular weight excluding hydrogens is 891 g/mol. The number of pyridine rings is 1. The Hall–Kier alpha value is -5.39. The molecular formula is C51H47IrN3OSi-2. The first-order chi connectivity index (χ1) is 27.1. The van der Waals surface area contributed by atoms with E-state index in [0.29, 0.717) is 11.8 Å². The van der Waals surface area contributed by atoms with Crippen molar-refractivity contribution in [1.82, 2.24) is 14.5 Å². The van der Waals surface area contributed by atoms with Crippen LogP contribution in [0.5, 0.6) is 0 Å². The van der Waals surface area contributed by atoms with Crippen molar-refractivity contribution >= 4 is 46.2 Å². The minimum Gasteiger partial charge on any atom is -0.501 e. The van der Waals surface area contributed by atoms with Gasteiger partial charge in [-0.25, -0.2) is 0 Å². The molecule has 9 rings (SSSR count). The van der Waals surface area contributed by atoms with Gasteiger partial charge in [0.2, 0.25) is 0 Å². The summed E-state index contributed by atoms with van der Waals surface area (Å²) >= 11 is 0. The molecule has 0 atom stereocenters. The molecule has 0 spiro atoms. The predicted molar refractivity (Wildman–Crippen MR) is 238 cm³/mol. The Balaban J connectivity index is 0.000000189. The SMILES string of the molecule is CC(C)c1c[c-]c(-c2cc(C(C)C)c([Si](C)(C)C)cn2)cc1.[Ir].[c-]1ccc2c(oc3ccccc32)c1-c1nc2ccccc2n1-c1cccc(-c2ccccc2)c1. The maximum absolute atomic E-state index is 6.33. The molecule has 6 aromatic carbocycles. The molecule has 6 heteroatoms. The number of furan rings is 1. The van der Waals surface area contributed by atoms with Crippen LogP contribution < -0.4 is 5.19 Å². The number of imidazole rings is 1. The first kappa shape index (κ1) is 39.8. The Morgan fingerprint density at radius 2 is 1.42 bits per heavy atom. The smallest absolute Gasteiger partial charge is 0.120 e. The van der Waals surface area contributed by atoms with Gasteiger partial charge < -0.3 is 14.0 Å². The molecule has 0 aliphatic heterocycles. The normalized spacial score (nSPS) is 11.6. The maximum atomic E-state index is 6.33.